The van der Waals surface area contributed by atoms with Gasteiger partial charge in [0, 0.05) is 17.1 Å². The maximum atomic E-state index is 4.71. The molecule has 0 aliphatic heterocycles. The molecule has 0 amide bonds. The molecule has 0 bridgehead atoms. The molecule has 0 atom stereocenters. The average molecular weight is 281 g/mol. The van der Waals surface area contributed by atoms with Crippen LogP contribution < -0.4 is 0 Å². The van der Waals surface area contributed by atoms with E-state index in [4.69, 9.17) is 4.98 Å². The van der Waals surface area contributed by atoms with Gasteiger partial charge in [-0.25, -0.2) is 0 Å². The van der Waals surface area contributed by atoms with Crippen LogP contribution in [-0.4, -0.2) is 4.98 Å². The molecule has 0 saturated carbocycles. The molecule has 3 aromatic carbocycles. The van der Waals surface area contributed by atoms with E-state index >= 15 is 0 Å². The molecule has 1 heteroatoms. The van der Waals surface area contributed by atoms with Gasteiger partial charge in [0.15, 0.2) is 0 Å². The van der Waals surface area contributed by atoms with Crippen molar-refractivity contribution in [3.05, 3.63) is 78.0 Å². The van der Waals surface area contributed by atoms with Crippen molar-refractivity contribution in [2.45, 2.75) is 12.8 Å². The lowest BCUT2D eigenvalue weighted by atomic mass is 9.95. The van der Waals surface area contributed by atoms with Crippen molar-refractivity contribution in [3.8, 4) is 11.3 Å². The van der Waals surface area contributed by atoms with Crippen LogP contribution in [-0.2, 0) is 12.8 Å². The fourth-order valence-electron chi connectivity index (χ4n) is 3.79. The number of pyridine rings is 1. The molecule has 0 radical (unpaired) electrons. The molecule has 0 spiro atoms. The maximum Gasteiger partial charge on any atom is 0.0786 e. The molecule has 0 N–H and O–H groups in total. The average Bonchev–Trinajstić information content (AvgIpc) is 3.00. The summed E-state index contributed by atoms with van der Waals surface area (Å²) in [6, 6.07) is 21.8. The molecule has 5 rings (SSSR count). The van der Waals surface area contributed by atoms with Crippen molar-refractivity contribution in [3.63, 3.8) is 0 Å². The number of nitrogens with zero attached hydrogens (tertiary/aromatic N) is 1. The van der Waals surface area contributed by atoms with E-state index in [2.05, 4.69) is 60.7 Å². The molecule has 1 aliphatic rings. The first-order chi connectivity index (χ1) is 10.9. The van der Waals surface area contributed by atoms with E-state index in [1.807, 2.05) is 6.20 Å². The van der Waals surface area contributed by atoms with E-state index in [0.29, 0.717) is 0 Å². The fraction of sp³-hybridized carbons (Fsp3) is 0.0952. The minimum atomic E-state index is 1.09. The molecule has 1 nitrogen and oxygen atoms in total. The second-order valence-electron chi connectivity index (χ2n) is 5.99. The minimum absolute atomic E-state index is 1.09. The summed E-state index contributed by atoms with van der Waals surface area (Å²) in [5.74, 6) is 0. The van der Waals surface area contributed by atoms with Crippen LogP contribution in [0.4, 0.5) is 0 Å². The molecule has 1 heterocycles. The predicted octanol–water partition coefficient (Wildman–Crippen LogP) is 5.15. The third kappa shape index (κ3) is 1.57. The van der Waals surface area contributed by atoms with Gasteiger partial charge in [0.05, 0.1) is 5.69 Å². The SMILES string of the molecule is c1ccc2c(-c3ccc4c5c(cccc35)CC4)nccc2c1. The molecule has 1 aliphatic carbocycles. The van der Waals surface area contributed by atoms with E-state index in [1.54, 1.807) is 0 Å². The number of hydrogen-bond acceptors (Lipinski definition) is 1. The lowest BCUT2D eigenvalue weighted by Crippen LogP contribution is -1.89. The zero-order chi connectivity index (χ0) is 14.5. The van der Waals surface area contributed by atoms with Crippen molar-refractivity contribution in [1.29, 1.82) is 0 Å². The third-order valence-electron chi connectivity index (χ3n) is 4.81. The maximum absolute atomic E-state index is 4.71. The first-order valence-electron chi connectivity index (χ1n) is 7.79. The molecular formula is C21H15N. The van der Waals surface area contributed by atoms with Gasteiger partial charge >= 0.3 is 0 Å². The van der Waals surface area contributed by atoms with E-state index in [9.17, 15) is 0 Å². The quantitative estimate of drug-likeness (QED) is 0.470. The van der Waals surface area contributed by atoms with E-state index in [0.717, 1.165) is 5.69 Å². The van der Waals surface area contributed by atoms with Gasteiger partial charge in [-0.1, -0.05) is 54.6 Å². The predicted molar refractivity (Wildman–Crippen MR) is 92.1 cm³/mol. The van der Waals surface area contributed by atoms with Gasteiger partial charge in [-0.2, -0.15) is 0 Å². The monoisotopic (exact) mass is 281 g/mol. The molecule has 0 fully saturated rings. The smallest absolute Gasteiger partial charge is 0.0786 e. The summed E-state index contributed by atoms with van der Waals surface area (Å²) < 4.78 is 0. The van der Waals surface area contributed by atoms with E-state index in [1.165, 1.54) is 51.1 Å². The Hall–Kier alpha value is -2.67. The number of hydrogen-bond donors (Lipinski definition) is 0. The van der Waals surface area contributed by atoms with Gasteiger partial charge in [0.1, 0.15) is 0 Å². The number of fused-ring (bicyclic) bond motifs is 1. The van der Waals surface area contributed by atoms with Crippen LogP contribution in [0.2, 0.25) is 0 Å². The topological polar surface area (TPSA) is 12.9 Å². The zero-order valence-corrected chi connectivity index (χ0v) is 12.2. The second-order valence-corrected chi connectivity index (χ2v) is 5.99. The second kappa shape index (κ2) is 4.41. The number of benzene rings is 3. The highest BCUT2D eigenvalue weighted by Gasteiger charge is 2.17. The first kappa shape index (κ1) is 11.9. The Balaban J connectivity index is 1.92. The first-order valence-corrected chi connectivity index (χ1v) is 7.79. The highest BCUT2D eigenvalue weighted by molar-refractivity contribution is 6.06. The summed E-state index contributed by atoms with van der Waals surface area (Å²) in [6.45, 7) is 0. The standard InChI is InChI=1S/C21H15N/c1-2-6-17-14(4-1)12-13-22-21(17)19-11-10-16-9-8-15-5-3-7-18(19)20(15)16/h1-7,10-13H,8-9H2. The van der Waals surface area contributed by atoms with Crippen LogP contribution in [0.15, 0.2) is 66.9 Å². The molecule has 0 saturated heterocycles. The lowest BCUT2D eigenvalue weighted by Gasteiger charge is -2.11. The summed E-state index contributed by atoms with van der Waals surface area (Å²) >= 11 is 0. The Labute approximate surface area is 129 Å². The van der Waals surface area contributed by atoms with Gasteiger partial charge in [-0.3, -0.25) is 4.98 Å². The largest absolute Gasteiger partial charge is 0.256 e. The fourth-order valence-corrected chi connectivity index (χ4v) is 3.79. The Bertz CT molecular complexity index is 1010. The summed E-state index contributed by atoms with van der Waals surface area (Å²) in [6.07, 6.45) is 4.25. The van der Waals surface area contributed by atoms with Crippen LogP contribution >= 0.6 is 0 Å². The normalized spacial score (nSPS) is 13.1. The molecule has 22 heavy (non-hydrogen) atoms. The van der Waals surface area contributed by atoms with Crippen LogP contribution in [0.1, 0.15) is 11.1 Å². The van der Waals surface area contributed by atoms with Crippen LogP contribution in [0.25, 0.3) is 32.8 Å². The highest BCUT2D eigenvalue weighted by Crippen LogP contribution is 2.38. The van der Waals surface area contributed by atoms with Crippen molar-refractivity contribution < 1.29 is 0 Å². The zero-order valence-electron chi connectivity index (χ0n) is 12.2. The number of aromatic nitrogens is 1. The van der Waals surface area contributed by atoms with Gasteiger partial charge in [-0.05, 0) is 46.2 Å². The Morgan fingerprint density at radius 3 is 2.45 bits per heavy atom. The molecule has 4 aromatic rings. The van der Waals surface area contributed by atoms with Crippen molar-refractivity contribution in [2.75, 3.05) is 0 Å². The Morgan fingerprint density at radius 1 is 0.682 bits per heavy atom. The van der Waals surface area contributed by atoms with Crippen LogP contribution in [0, 0.1) is 0 Å². The Kier molecular flexibility index (Phi) is 2.39. The molecule has 104 valence electrons. The van der Waals surface area contributed by atoms with Crippen molar-refractivity contribution in [1.82, 2.24) is 4.98 Å². The van der Waals surface area contributed by atoms with E-state index < -0.39 is 0 Å². The number of rotatable bonds is 1. The summed E-state index contributed by atoms with van der Waals surface area (Å²) in [5, 5.41) is 5.27. The highest BCUT2D eigenvalue weighted by atomic mass is 14.7. The summed E-state index contributed by atoms with van der Waals surface area (Å²) in [7, 11) is 0. The van der Waals surface area contributed by atoms with Crippen molar-refractivity contribution >= 4 is 21.5 Å². The van der Waals surface area contributed by atoms with Gasteiger partial charge < -0.3 is 0 Å². The Morgan fingerprint density at radius 2 is 1.50 bits per heavy atom. The van der Waals surface area contributed by atoms with Crippen LogP contribution in [0.3, 0.4) is 0 Å². The lowest BCUT2D eigenvalue weighted by molar-refractivity contribution is 1.02. The van der Waals surface area contributed by atoms with Gasteiger partial charge in [0.25, 0.3) is 0 Å². The van der Waals surface area contributed by atoms with E-state index in [-0.39, 0.29) is 0 Å². The molecular weight excluding hydrogens is 266 g/mol. The number of aryl methyl sites for hydroxylation is 2. The van der Waals surface area contributed by atoms with Crippen molar-refractivity contribution in [2.24, 2.45) is 0 Å². The molecule has 0 unspecified atom stereocenters. The van der Waals surface area contributed by atoms with Gasteiger partial charge in [0.2, 0.25) is 0 Å². The minimum Gasteiger partial charge on any atom is -0.256 e. The van der Waals surface area contributed by atoms with Crippen LogP contribution in [0.5, 0.6) is 0 Å². The summed E-state index contributed by atoms with van der Waals surface area (Å²) in [5.41, 5.74) is 5.30. The molecule has 1 aromatic heterocycles. The third-order valence-corrected chi connectivity index (χ3v) is 4.81. The van der Waals surface area contributed by atoms with Gasteiger partial charge in [-0.15, -0.1) is 0 Å². The summed E-state index contributed by atoms with van der Waals surface area (Å²) in [4.78, 5) is 4.71.